The smallest absolute Gasteiger partial charge is 0.254 e. The van der Waals surface area contributed by atoms with Gasteiger partial charge in [0.05, 0.1) is 0 Å². The molecule has 1 aliphatic heterocycles. The molecule has 0 aliphatic carbocycles. The Kier molecular flexibility index (Phi) is 5.58. The Morgan fingerprint density at radius 3 is 2.68 bits per heavy atom. The van der Waals surface area contributed by atoms with Gasteiger partial charge in [-0.3, -0.25) is 4.79 Å². The Morgan fingerprint density at radius 1 is 1.07 bits per heavy atom. The molecule has 4 nitrogen and oxygen atoms in total. The van der Waals surface area contributed by atoms with E-state index in [0.29, 0.717) is 12.1 Å². The number of aromatic nitrogens is 1. The zero-order valence-corrected chi connectivity index (χ0v) is 16.3. The highest BCUT2D eigenvalue weighted by Gasteiger charge is 2.21. The predicted octanol–water partition coefficient (Wildman–Crippen LogP) is 4.59. The molecule has 1 aromatic heterocycles. The van der Waals surface area contributed by atoms with Crippen LogP contribution in [0, 0.1) is 0 Å². The van der Waals surface area contributed by atoms with E-state index in [-0.39, 0.29) is 5.91 Å². The zero-order valence-electron chi connectivity index (χ0n) is 15.6. The summed E-state index contributed by atoms with van der Waals surface area (Å²) in [6.07, 6.45) is 3.45. The van der Waals surface area contributed by atoms with Crippen molar-refractivity contribution in [3.8, 4) is 0 Å². The lowest BCUT2D eigenvalue weighted by Gasteiger charge is -2.29. The van der Waals surface area contributed by atoms with E-state index in [1.807, 2.05) is 41.3 Å². The molecular formula is C23H22ClN3O. The summed E-state index contributed by atoms with van der Waals surface area (Å²) in [6.45, 7) is 2.15. The SMILES string of the molecule is O=C(c1ccnc(NCCc2ccc(Cl)cc2)c1)N1CCc2ccccc2C1. The summed E-state index contributed by atoms with van der Waals surface area (Å²) in [4.78, 5) is 19.2. The molecule has 5 heteroatoms. The lowest BCUT2D eigenvalue weighted by atomic mass is 9.99. The Labute approximate surface area is 170 Å². The number of hydrogen-bond acceptors (Lipinski definition) is 3. The Balaban J connectivity index is 1.38. The molecule has 28 heavy (non-hydrogen) atoms. The third-order valence-corrected chi connectivity index (χ3v) is 5.31. The lowest BCUT2D eigenvalue weighted by molar-refractivity contribution is 0.0734. The second-order valence-electron chi connectivity index (χ2n) is 6.98. The third kappa shape index (κ3) is 4.34. The molecule has 4 rings (SSSR count). The van der Waals surface area contributed by atoms with Crippen LogP contribution in [0.5, 0.6) is 0 Å². The lowest BCUT2D eigenvalue weighted by Crippen LogP contribution is -2.36. The number of halogens is 1. The van der Waals surface area contributed by atoms with Gasteiger partial charge in [0.25, 0.3) is 5.91 Å². The molecule has 0 unspecified atom stereocenters. The number of fused-ring (bicyclic) bond motifs is 1. The van der Waals surface area contributed by atoms with Gasteiger partial charge in [0.1, 0.15) is 5.82 Å². The standard InChI is InChI=1S/C23H22ClN3O/c24-21-7-5-17(6-8-21)9-12-25-22-15-19(10-13-26-22)23(28)27-14-11-18-3-1-2-4-20(18)16-27/h1-8,10,13,15H,9,11-12,14,16H2,(H,25,26). The van der Waals surface area contributed by atoms with Crippen LogP contribution in [0.1, 0.15) is 27.0 Å². The zero-order chi connectivity index (χ0) is 19.3. The summed E-state index contributed by atoms with van der Waals surface area (Å²) in [6, 6.07) is 19.8. The van der Waals surface area contributed by atoms with Crippen molar-refractivity contribution in [3.05, 3.63) is 94.1 Å². The third-order valence-electron chi connectivity index (χ3n) is 5.06. The number of carbonyl (C=O) groups excluding carboxylic acids is 1. The molecule has 3 aromatic rings. The fourth-order valence-corrected chi connectivity index (χ4v) is 3.62. The van der Waals surface area contributed by atoms with Crippen molar-refractivity contribution in [1.29, 1.82) is 0 Å². The van der Waals surface area contributed by atoms with Crippen molar-refractivity contribution in [2.75, 3.05) is 18.4 Å². The maximum atomic E-state index is 12.9. The van der Waals surface area contributed by atoms with Crippen molar-refractivity contribution in [3.63, 3.8) is 0 Å². The molecule has 0 radical (unpaired) electrons. The Bertz CT molecular complexity index is 972. The number of hydrogen-bond donors (Lipinski definition) is 1. The van der Waals surface area contributed by atoms with E-state index in [1.54, 1.807) is 12.3 Å². The largest absolute Gasteiger partial charge is 0.370 e. The van der Waals surface area contributed by atoms with Crippen molar-refractivity contribution in [1.82, 2.24) is 9.88 Å². The van der Waals surface area contributed by atoms with Crippen LogP contribution in [0.3, 0.4) is 0 Å². The van der Waals surface area contributed by atoms with Crippen molar-refractivity contribution in [2.24, 2.45) is 0 Å². The van der Waals surface area contributed by atoms with Crippen molar-refractivity contribution < 1.29 is 4.79 Å². The maximum Gasteiger partial charge on any atom is 0.254 e. The van der Waals surface area contributed by atoms with Crippen LogP contribution in [-0.4, -0.2) is 28.9 Å². The van der Waals surface area contributed by atoms with Gasteiger partial charge in [0.2, 0.25) is 0 Å². The summed E-state index contributed by atoms with van der Waals surface area (Å²) < 4.78 is 0. The first-order valence-electron chi connectivity index (χ1n) is 9.49. The second-order valence-corrected chi connectivity index (χ2v) is 7.41. The fourth-order valence-electron chi connectivity index (χ4n) is 3.50. The number of nitrogens with one attached hydrogen (secondary N) is 1. The van der Waals surface area contributed by atoms with E-state index in [9.17, 15) is 4.79 Å². The summed E-state index contributed by atoms with van der Waals surface area (Å²) in [5.74, 6) is 0.773. The van der Waals surface area contributed by atoms with Crippen LogP contribution in [0.15, 0.2) is 66.9 Å². The quantitative estimate of drug-likeness (QED) is 0.692. The molecule has 2 heterocycles. The maximum absolute atomic E-state index is 12.9. The summed E-state index contributed by atoms with van der Waals surface area (Å²) in [5.41, 5.74) is 4.45. The highest BCUT2D eigenvalue weighted by molar-refractivity contribution is 6.30. The number of nitrogens with zero attached hydrogens (tertiary/aromatic N) is 2. The van der Waals surface area contributed by atoms with Crippen LogP contribution >= 0.6 is 11.6 Å². The molecule has 0 saturated carbocycles. The van der Waals surface area contributed by atoms with E-state index in [0.717, 1.165) is 36.8 Å². The van der Waals surface area contributed by atoms with E-state index >= 15 is 0 Å². The van der Waals surface area contributed by atoms with Crippen LogP contribution in [-0.2, 0) is 19.4 Å². The average molecular weight is 392 g/mol. The molecule has 1 N–H and O–H groups in total. The van der Waals surface area contributed by atoms with Gasteiger partial charge in [0, 0.05) is 36.4 Å². The normalized spacial score (nSPS) is 13.1. The van der Waals surface area contributed by atoms with Gasteiger partial charge in [-0.25, -0.2) is 4.98 Å². The molecule has 0 bridgehead atoms. The van der Waals surface area contributed by atoms with Gasteiger partial charge in [-0.15, -0.1) is 0 Å². The van der Waals surface area contributed by atoms with Gasteiger partial charge < -0.3 is 10.2 Å². The first kappa shape index (κ1) is 18.5. The first-order chi connectivity index (χ1) is 13.7. The average Bonchev–Trinajstić information content (AvgIpc) is 2.74. The number of carbonyl (C=O) groups is 1. The number of amides is 1. The fraction of sp³-hybridized carbons (Fsp3) is 0.217. The second kappa shape index (κ2) is 8.44. The van der Waals surface area contributed by atoms with Crippen LogP contribution in [0.25, 0.3) is 0 Å². The summed E-state index contributed by atoms with van der Waals surface area (Å²) in [7, 11) is 0. The topological polar surface area (TPSA) is 45.2 Å². The van der Waals surface area contributed by atoms with E-state index in [4.69, 9.17) is 11.6 Å². The van der Waals surface area contributed by atoms with Gasteiger partial charge >= 0.3 is 0 Å². The van der Waals surface area contributed by atoms with Gasteiger partial charge in [-0.1, -0.05) is 48.0 Å². The Hall–Kier alpha value is -2.85. The van der Waals surface area contributed by atoms with E-state index < -0.39 is 0 Å². The van der Waals surface area contributed by atoms with E-state index in [2.05, 4.69) is 28.5 Å². The van der Waals surface area contributed by atoms with Crippen LogP contribution < -0.4 is 5.32 Å². The number of anilines is 1. The molecule has 1 aliphatic rings. The monoisotopic (exact) mass is 391 g/mol. The Morgan fingerprint density at radius 2 is 1.86 bits per heavy atom. The highest BCUT2D eigenvalue weighted by Crippen LogP contribution is 2.21. The summed E-state index contributed by atoms with van der Waals surface area (Å²) in [5, 5.41) is 4.05. The van der Waals surface area contributed by atoms with Gasteiger partial charge in [-0.2, -0.15) is 0 Å². The molecular weight excluding hydrogens is 370 g/mol. The molecule has 0 fully saturated rings. The minimum Gasteiger partial charge on any atom is -0.370 e. The van der Waals surface area contributed by atoms with Crippen molar-refractivity contribution >= 4 is 23.3 Å². The molecule has 1 amide bonds. The number of pyridine rings is 1. The summed E-state index contributed by atoms with van der Waals surface area (Å²) >= 11 is 5.92. The van der Waals surface area contributed by atoms with Crippen LogP contribution in [0.2, 0.25) is 5.02 Å². The first-order valence-corrected chi connectivity index (χ1v) is 9.87. The molecule has 0 atom stereocenters. The predicted molar refractivity (Wildman–Crippen MR) is 113 cm³/mol. The minimum atomic E-state index is 0.0534. The highest BCUT2D eigenvalue weighted by atomic mass is 35.5. The van der Waals surface area contributed by atoms with Crippen molar-refractivity contribution in [2.45, 2.75) is 19.4 Å². The van der Waals surface area contributed by atoms with E-state index in [1.165, 1.54) is 16.7 Å². The van der Waals surface area contributed by atoms with Gasteiger partial charge in [0.15, 0.2) is 0 Å². The number of benzene rings is 2. The van der Waals surface area contributed by atoms with Gasteiger partial charge in [-0.05, 0) is 53.8 Å². The molecule has 0 saturated heterocycles. The van der Waals surface area contributed by atoms with Crippen LogP contribution in [0.4, 0.5) is 5.82 Å². The minimum absolute atomic E-state index is 0.0534. The number of rotatable bonds is 5. The molecule has 142 valence electrons. The molecule has 2 aromatic carbocycles. The molecule has 0 spiro atoms.